The highest BCUT2D eigenvalue weighted by atomic mass is 19.1. The molecule has 0 saturated carbocycles. The third-order valence-corrected chi connectivity index (χ3v) is 3.09. The van der Waals surface area contributed by atoms with Gasteiger partial charge in [0.25, 0.3) is 0 Å². The number of benzene rings is 1. The fourth-order valence-electron chi connectivity index (χ4n) is 1.95. The Hall–Kier alpha value is -2.75. The summed E-state index contributed by atoms with van der Waals surface area (Å²) in [7, 11) is 0. The molecule has 0 spiro atoms. The summed E-state index contributed by atoms with van der Waals surface area (Å²) >= 11 is 0. The van der Waals surface area contributed by atoms with Crippen LogP contribution >= 0.6 is 0 Å². The van der Waals surface area contributed by atoms with Crippen molar-refractivity contribution < 1.29 is 9.18 Å². The maximum Gasteiger partial charge on any atom is 0.185 e. The van der Waals surface area contributed by atoms with E-state index in [1.807, 2.05) is 26.0 Å². The Morgan fingerprint density at radius 2 is 1.91 bits per heavy atom. The van der Waals surface area contributed by atoms with Gasteiger partial charge in [0.1, 0.15) is 5.82 Å². The van der Waals surface area contributed by atoms with E-state index < -0.39 is 0 Å². The number of hydrogen-bond donors (Lipinski definition) is 1. The molecule has 22 heavy (non-hydrogen) atoms. The van der Waals surface area contributed by atoms with Crippen LogP contribution < -0.4 is 0 Å². The van der Waals surface area contributed by atoms with Crippen molar-refractivity contribution in [3.8, 4) is 11.3 Å². The summed E-state index contributed by atoms with van der Waals surface area (Å²) in [4.78, 5) is 12.0. The molecule has 1 N–H and O–H groups in total. The number of nitrogens with zero attached hydrogens (tertiary/aromatic N) is 1. The second kappa shape index (κ2) is 7.31. The Morgan fingerprint density at radius 1 is 1.18 bits per heavy atom. The van der Waals surface area contributed by atoms with Crippen molar-refractivity contribution in [3.63, 3.8) is 0 Å². The van der Waals surface area contributed by atoms with Gasteiger partial charge in [-0.3, -0.25) is 9.89 Å². The second-order valence-corrected chi connectivity index (χ2v) is 4.66. The van der Waals surface area contributed by atoms with E-state index in [1.165, 1.54) is 18.2 Å². The van der Waals surface area contributed by atoms with E-state index in [4.69, 9.17) is 0 Å². The molecule has 0 radical (unpaired) electrons. The van der Waals surface area contributed by atoms with Crippen LogP contribution in [0, 0.1) is 5.82 Å². The fraction of sp³-hybridized carbons (Fsp3) is 0.111. The number of hydrogen-bond acceptors (Lipinski definition) is 2. The summed E-state index contributed by atoms with van der Waals surface area (Å²) in [5, 5.41) is 7.00. The molecule has 0 saturated heterocycles. The molecule has 2 aromatic rings. The van der Waals surface area contributed by atoms with Crippen LogP contribution in [0.1, 0.15) is 19.5 Å². The first-order chi connectivity index (χ1) is 10.6. The lowest BCUT2D eigenvalue weighted by atomic mass is 10.1. The van der Waals surface area contributed by atoms with Crippen LogP contribution in [0.5, 0.6) is 0 Å². The minimum Gasteiger partial charge on any atom is -0.289 e. The molecule has 0 aliphatic rings. The standard InChI is InChI=1S/C18H17FN2O/c1-3-5-13(4-2)18(22)11-10-16-12-17(21-20-16)14-6-8-15(19)9-7-14/h3-12H,1-2H3,(H,20,21). The van der Waals surface area contributed by atoms with Gasteiger partial charge < -0.3 is 0 Å². The van der Waals surface area contributed by atoms with E-state index >= 15 is 0 Å². The molecule has 3 nitrogen and oxygen atoms in total. The highest BCUT2D eigenvalue weighted by molar-refractivity contribution is 6.08. The van der Waals surface area contributed by atoms with E-state index in [0.717, 1.165) is 5.56 Å². The zero-order chi connectivity index (χ0) is 15.9. The number of halogens is 1. The molecule has 0 atom stereocenters. The van der Waals surface area contributed by atoms with E-state index in [2.05, 4.69) is 10.2 Å². The lowest BCUT2D eigenvalue weighted by Crippen LogP contribution is -1.94. The smallest absolute Gasteiger partial charge is 0.185 e. The minimum atomic E-state index is -0.284. The van der Waals surface area contributed by atoms with Crippen molar-refractivity contribution in [2.75, 3.05) is 0 Å². The highest BCUT2D eigenvalue weighted by Crippen LogP contribution is 2.18. The molecule has 0 unspecified atom stereocenters. The van der Waals surface area contributed by atoms with Crippen LogP contribution in [0.4, 0.5) is 4.39 Å². The lowest BCUT2D eigenvalue weighted by Gasteiger charge is -1.94. The van der Waals surface area contributed by atoms with Crippen LogP contribution in [-0.2, 0) is 4.79 Å². The number of allylic oxidation sites excluding steroid dienone is 5. The Labute approximate surface area is 128 Å². The summed E-state index contributed by atoms with van der Waals surface area (Å²) in [6, 6.07) is 7.90. The summed E-state index contributed by atoms with van der Waals surface area (Å²) in [5.41, 5.74) is 2.86. The van der Waals surface area contributed by atoms with E-state index in [-0.39, 0.29) is 11.6 Å². The molecule has 4 heteroatoms. The highest BCUT2D eigenvalue weighted by Gasteiger charge is 2.04. The molecular formula is C18H17FN2O. The van der Waals surface area contributed by atoms with Crippen molar-refractivity contribution in [2.24, 2.45) is 0 Å². The zero-order valence-electron chi connectivity index (χ0n) is 12.5. The van der Waals surface area contributed by atoms with Crippen LogP contribution in [0.3, 0.4) is 0 Å². The van der Waals surface area contributed by atoms with Gasteiger partial charge in [0, 0.05) is 11.1 Å². The Bertz CT molecular complexity index is 737. The molecule has 2 rings (SSSR count). The summed E-state index contributed by atoms with van der Waals surface area (Å²) in [5.74, 6) is -0.355. The molecule has 0 aliphatic heterocycles. The summed E-state index contributed by atoms with van der Waals surface area (Å²) in [6.07, 6.45) is 8.53. The van der Waals surface area contributed by atoms with Gasteiger partial charge in [0.2, 0.25) is 0 Å². The maximum atomic E-state index is 12.9. The monoisotopic (exact) mass is 296 g/mol. The number of nitrogens with one attached hydrogen (secondary N) is 1. The first-order valence-electron chi connectivity index (χ1n) is 6.97. The number of rotatable bonds is 5. The topological polar surface area (TPSA) is 45.8 Å². The number of carbonyl (C=O) groups is 1. The van der Waals surface area contributed by atoms with Gasteiger partial charge in [0.05, 0.1) is 11.4 Å². The van der Waals surface area contributed by atoms with Gasteiger partial charge >= 0.3 is 0 Å². The molecule has 1 aromatic carbocycles. The molecule has 1 aromatic heterocycles. The summed E-state index contributed by atoms with van der Waals surface area (Å²) in [6.45, 7) is 3.69. The Balaban J connectivity index is 2.13. The number of aromatic nitrogens is 2. The first kappa shape index (κ1) is 15.6. The molecule has 112 valence electrons. The van der Waals surface area contributed by atoms with Crippen molar-refractivity contribution in [1.29, 1.82) is 0 Å². The average Bonchev–Trinajstić information content (AvgIpc) is 3.00. The second-order valence-electron chi connectivity index (χ2n) is 4.66. The first-order valence-corrected chi connectivity index (χ1v) is 6.97. The van der Waals surface area contributed by atoms with E-state index in [9.17, 15) is 9.18 Å². The van der Waals surface area contributed by atoms with Crippen LogP contribution in [0.25, 0.3) is 17.3 Å². The predicted molar refractivity (Wildman–Crippen MR) is 86.6 cm³/mol. The molecule has 0 amide bonds. The Kier molecular flexibility index (Phi) is 5.20. The number of H-pyrrole nitrogens is 1. The third-order valence-electron chi connectivity index (χ3n) is 3.09. The lowest BCUT2D eigenvalue weighted by molar-refractivity contribution is -0.111. The molecular weight excluding hydrogens is 279 g/mol. The molecule has 0 bridgehead atoms. The van der Waals surface area contributed by atoms with Crippen LogP contribution in [-0.4, -0.2) is 16.0 Å². The number of carbonyl (C=O) groups excluding carboxylic acids is 1. The van der Waals surface area contributed by atoms with Crippen LogP contribution in [0.15, 0.2) is 60.2 Å². The fourth-order valence-corrected chi connectivity index (χ4v) is 1.95. The molecule has 1 heterocycles. The van der Waals surface area contributed by atoms with Gasteiger partial charge in [-0.25, -0.2) is 4.39 Å². The largest absolute Gasteiger partial charge is 0.289 e. The van der Waals surface area contributed by atoms with Crippen molar-refractivity contribution >= 4 is 11.9 Å². The van der Waals surface area contributed by atoms with Gasteiger partial charge in [-0.15, -0.1) is 0 Å². The Morgan fingerprint density at radius 3 is 2.55 bits per heavy atom. The van der Waals surface area contributed by atoms with Gasteiger partial charge in [-0.2, -0.15) is 5.10 Å². The maximum absolute atomic E-state index is 12.9. The molecule has 0 fully saturated rings. The zero-order valence-corrected chi connectivity index (χ0v) is 12.5. The van der Waals surface area contributed by atoms with E-state index in [0.29, 0.717) is 17.0 Å². The van der Waals surface area contributed by atoms with Gasteiger partial charge in [-0.05, 0) is 56.3 Å². The summed E-state index contributed by atoms with van der Waals surface area (Å²) < 4.78 is 12.9. The normalized spacial score (nSPS) is 12.4. The van der Waals surface area contributed by atoms with Gasteiger partial charge in [-0.1, -0.05) is 18.2 Å². The van der Waals surface area contributed by atoms with Gasteiger partial charge in [0.15, 0.2) is 5.78 Å². The van der Waals surface area contributed by atoms with Crippen LogP contribution in [0.2, 0.25) is 0 Å². The van der Waals surface area contributed by atoms with Crippen molar-refractivity contribution in [2.45, 2.75) is 13.8 Å². The minimum absolute atomic E-state index is 0.0708. The predicted octanol–water partition coefficient (Wildman–Crippen LogP) is 4.32. The van der Waals surface area contributed by atoms with Crippen molar-refractivity contribution in [1.82, 2.24) is 10.2 Å². The average molecular weight is 296 g/mol. The number of ketones is 1. The molecule has 0 aliphatic carbocycles. The SMILES string of the molecule is CC=CC(=CC)C(=O)C=Cc1cc(-c2ccc(F)cc2)n[nH]1. The quantitative estimate of drug-likeness (QED) is 0.659. The van der Waals surface area contributed by atoms with E-state index in [1.54, 1.807) is 30.4 Å². The third kappa shape index (κ3) is 3.88. The number of aromatic amines is 1. The van der Waals surface area contributed by atoms with Crippen molar-refractivity contribution in [3.05, 3.63) is 71.7 Å².